The number of rotatable bonds is 4. The van der Waals surface area contributed by atoms with Crippen LogP contribution in [-0.2, 0) is 0 Å². The third-order valence-corrected chi connectivity index (χ3v) is 2.55. The molecule has 1 aromatic rings. The van der Waals surface area contributed by atoms with Gasteiger partial charge in [0.2, 0.25) is 6.79 Å². The second kappa shape index (κ2) is 5.94. The highest BCUT2D eigenvalue weighted by molar-refractivity contribution is 5.85. The molecular formula is C11H17ClN2O2. The van der Waals surface area contributed by atoms with Crippen molar-refractivity contribution >= 4 is 12.4 Å². The molecule has 2 rings (SSSR count). The zero-order chi connectivity index (χ0) is 10.7. The summed E-state index contributed by atoms with van der Waals surface area (Å²) in [5.74, 6) is 1.58. The van der Waals surface area contributed by atoms with Crippen LogP contribution in [0, 0.1) is 0 Å². The summed E-state index contributed by atoms with van der Waals surface area (Å²) in [5.41, 5.74) is 12.5. The van der Waals surface area contributed by atoms with Crippen LogP contribution in [-0.4, -0.2) is 13.3 Å². The Balaban J connectivity index is 0.00000128. The topological polar surface area (TPSA) is 70.5 Å². The molecule has 0 aromatic heterocycles. The minimum Gasteiger partial charge on any atom is -0.454 e. The molecule has 4 nitrogen and oxygen atoms in total. The lowest BCUT2D eigenvalue weighted by molar-refractivity contribution is 0.173. The molecular weight excluding hydrogens is 228 g/mol. The maximum absolute atomic E-state index is 6.06. The minimum absolute atomic E-state index is 0. The number of para-hydroxylation sites is 1. The van der Waals surface area contributed by atoms with Crippen molar-refractivity contribution in [3.8, 4) is 11.5 Å². The van der Waals surface area contributed by atoms with E-state index in [0.717, 1.165) is 29.9 Å². The molecule has 0 unspecified atom stereocenters. The molecule has 1 aliphatic heterocycles. The molecule has 0 saturated carbocycles. The van der Waals surface area contributed by atoms with E-state index in [0.29, 0.717) is 6.54 Å². The van der Waals surface area contributed by atoms with Crippen LogP contribution in [0.1, 0.15) is 24.4 Å². The van der Waals surface area contributed by atoms with E-state index in [4.69, 9.17) is 20.9 Å². The van der Waals surface area contributed by atoms with Gasteiger partial charge >= 0.3 is 0 Å². The molecule has 0 bridgehead atoms. The van der Waals surface area contributed by atoms with Crippen LogP contribution in [0.15, 0.2) is 18.2 Å². The summed E-state index contributed by atoms with van der Waals surface area (Å²) in [6, 6.07) is 5.78. The summed E-state index contributed by atoms with van der Waals surface area (Å²) in [7, 11) is 0. The van der Waals surface area contributed by atoms with Crippen LogP contribution in [0.5, 0.6) is 11.5 Å². The first kappa shape index (κ1) is 13.1. The van der Waals surface area contributed by atoms with Gasteiger partial charge in [0.25, 0.3) is 0 Å². The molecule has 0 radical (unpaired) electrons. The van der Waals surface area contributed by atoms with E-state index < -0.39 is 0 Å². The van der Waals surface area contributed by atoms with Gasteiger partial charge in [0.05, 0.1) is 0 Å². The summed E-state index contributed by atoms with van der Waals surface area (Å²) in [4.78, 5) is 0. The van der Waals surface area contributed by atoms with Crippen molar-refractivity contribution in [1.29, 1.82) is 0 Å². The highest BCUT2D eigenvalue weighted by Gasteiger charge is 2.20. The number of nitrogens with two attached hydrogens (primary N) is 2. The first-order valence-corrected chi connectivity index (χ1v) is 5.17. The number of fused-ring (bicyclic) bond motifs is 1. The second-order valence-corrected chi connectivity index (χ2v) is 3.62. The fraction of sp³-hybridized carbons (Fsp3) is 0.455. The summed E-state index contributed by atoms with van der Waals surface area (Å²) in [6.07, 6.45) is 1.79. The molecule has 1 atom stereocenters. The molecule has 0 aliphatic carbocycles. The van der Waals surface area contributed by atoms with Crippen molar-refractivity contribution in [2.24, 2.45) is 11.5 Å². The first-order chi connectivity index (χ1) is 7.33. The number of hydrogen-bond acceptors (Lipinski definition) is 4. The van der Waals surface area contributed by atoms with Crippen molar-refractivity contribution in [2.45, 2.75) is 18.9 Å². The van der Waals surface area contributed by atoms with Crippen LogP contribution in [0.3, 0.4) is 0 Å². The van der Waals surface area contributed by atoms with Crippen molar-refractivity contribution in [2.75, 3.05) is 13.3 Å². The van der Waals surface area contributed by atoms with Gasteiger partial charge in [-0.05, 0) is 25.5 Å². The Bertz CT molecular complexity index is 347. The molecule has 1 aliphatic rings. The molecule has 90 valence electrons. The fourth-order valence-electron chi connectivity index (χ4n) is 1.74. The monoisotopic (exact) mass is 244 g/mol. The molecule has 4 N–H and O–H groups in total. The van der Waals surface area contributed by atoms with Crippen LogP contribution >= 0.6 is 12.4 Å². The number of benzene rings is 1. The summed E-state index contributed by atoms with van der Waals surface area (Å²) in [5, 5.41) is 0. The normalized spacial score (nSPS) is 14.4. The van der Waals surface area contributed by atoms with Gasteiger partial charge in [0.1, 0.15) is 0 Å². The maximum Gasteiger partial charge on any atom is 0.231 e. The van der Waals surface area contributed by atoms with Gasteiger partial charge in [-0.15, -0.1) is 12.4 Å². The highest BCUT2D eigenvalue weighted by atomic mass is 35.5. The smallest absolute Gasteiger partial charge is 0.231 e. The van der Waals surface area contributed by atoms with E-state index in [1.165, 1.54) is 0 Å². The Kier molecular flexibility index (Phi) is 4.86. The first-order valence-electron chi connectivity index (χ1n) is 5.17. The maximum atomic E-state index is 6.06. The van der Waals surface area contributed by atoms with E-state index in [9.17, 15) is 0 Å². The van der Waals surface area contributed by atoms with Crippen LogP contribution in [0.25, 0.3) is 0 Å². The zero-order valence-electron chi connectivity index (χ0n) is 9.02. The summed E-state index contributed by atoms with van der Waals surface area (Å²) >= 11 is 0. The quantitative estimate of drug-likeness (QED) is 0.844. The Morgan fingerprint density at radius 1 is 1.31 bits per heavy atom. The van der Waals surface area contributed by atoms with Gasteiger partial charge in [0.15, 0.2) is 11.5 Å². The minimum atomic E-state index is -0.0230. The van der Waals surface area contributed by atoms with Gasteiger partial charge < -0.3 is 20.9 Å². The van der Waals surface area contributed by atoms with Crippen molar-refractivity contribution in [1.82, 2.24) is 0 Å². The largest absolute Gasteiger partial charge is 0.454 e. The van der Waals surface area contributed by atoms with Gasteiger partial charge in [-0.25, -0.2) is 0 Å². The molecule has 0 amide bonds. The molecule has 16 heavy (non-hydrogen) atoms. The van der Waals surface area contributed by atoms with E-state index >= 15 is 0 Å². The highest BCUT2D eigenvalue weighted by Crippen LogP contribution is 2.38. The molecule has 0 saturated heterocycles. The molecule has 5 heteroatoms. The van der Waals surface area contributed by atoms with E-state index in [2.05, 4.69) is 0 Å². The number of ether oxygens (including phenoxy) is 2. The van der Waals surface area contributed by atoms with Crippen LogP contribution in [0.2, 0.25) is 0 Å². The SMILES string of the molecule is Cl.NCCC[C@H](N)c1cccc2c1OCO2. The van der Waals surface area contributed by atoms with Gasteiger partial charge in [-0.1, -0.05) is 12.1 Å². The van der Waals surface area contributed by atoms with E-state index in [1.807, 2.05) is 18.2 Å². The lowest BCUT2D eigenvalue weighted by Crippen LogP contribution is -2.13. The lowest BCUT2D eigenvalue weighted by atomic mass is 10.0. The summed E-state index contributed by atoms with van der Waals surface area (Å²) in [6.45, 7) is 0.954. The van der Waals surface area contributed by atoms with Crippen molar-refractivity contribution in [3.05, 3.63) is 23.8 Å². The fourth-order valence-corrected chi connectivity index (χ4v) is 1.74. The predicted octanol–water partition coefficient (Wildman–Crippen LogP) is 1.58. The van der Waals surface area contributed by atoms with Crippen molar-refractivity contribution < 1.29 is 9.47 Å². The Morgan fingerprint density at radius 2 is 2.12 bits per heavy atom. The Labute approximate surface area is 101 Å². The van der Waals surface area contributed by atoms with Gasteiger partial charge in [0, 0.05) is 11.6 Å². The summed E-state index contributed by atoms with van der Waals surface area (Å²) < 4.78 is 10.7. The second-order valence-electron chi connectivity index (χ2n) is 3.62. The average molecular weight is 245 g/mol. The van der Waals surface area contributed by atoms with Gasteiger partial charge in [-0.2, -0.15) is 0 Å². The molecule has 0 fully saturated rings. The molecule has 0 spiro atoms. The third-order valence-electron chi connectivity index (χ3n) is 2.55. The number of hydrogen-bond donors (Lipinski definition) is 2. The predicted molar refractivity (Wildman–Crippen MR) is 65.0 cm³/mol. The van der Waals surface area contributed by atoms with Crippen molar-refractivity contribution in [3.63, 3.8) is 0 Å². The zero-order valence-corrected chi connectivity index (χ0v) is 9.83. The molecule has 1 aromatic carbocycles. The lowest BCUT2D eigenvalue weighted by Gasteiger charge is -2.13. The van der Waals surface area contributed by atoms with Crippen LogP contribution < -0.4 is 20.9 Å². The van der Waals surface area contributed by atoms with Crippen LogP contribution in [0.4, 0.5) is 0 Å². The average Bonchev–Trinajstić information content (AvgIpc) is 2.73. The Morgan fingerprint density at radius 3 is 2.88 bits per heavy atom. The standard InChI is InChI=1S/C11H16N2O2.ClH/c12-6-2-4-9(13)8-3-1-5-10-11(8)15-7-14-10;/h1,3,5,9H,2,4,6-7,12-13H2;1H/t9-;/m0./s1. The third kappa shape index (κ3) is 2.58. The van der Waals surface area contributed by atoms with Gasteiger partial charge in [-0.3, -0.25) is 0 Å². The van der Waals surface area contributed by atoms with E-state index in [1.54, 1.807) is 0 Å². The van der Waals surface area contributed by atoms with E-state index in [-0.39, 0.29) is 25.2 Å². The molecule has 1 heterocycles. The Hall–Kier alpha value is -0.970. The number of halogens is 1.